The van der Waals surface area contributed by atoms with Gasteiger partial charge >= 0.3 is 0 Å². The van der Waals surface area contributed by atoms with Crippen LogP contribution in [0.5, 0.6) is 0 Å². The predicted molar refractivity (Wildman–Crippen MR) is 134 cm³/mol. The van der Waals surface area contributed by atoms with Crippen LogP contribution in [0.3, 0.4) is 0 Å². The number of nitrogens with zero attached hydrogens (tertiary/aromatic N) is 2. The minimum Gasteiger partial charge on any atom is -0.383 e. The van der Waals surface area contributed by atoms with E-state index in [1.807, 2.05) is 17.5 Å². The molecule has 1 heterocycles. The number of methoxy groups -OCH3 is 1. The lowest BCUT2D eigenvalue weighted by Gasteiger charge is -2.56. The summed E-state index contributed by atoms with van der Waals surface area (Å²) in [6, 6.07) is 10.3. The maximum Gasteiger partial charge on any atom is 0.242 e. The Labute approximate surface area is 211 Å². The van der Waals surface area contributed by atoms with E-state index in [9.17, 15) is 14.0 Å². The van der Waals surface area contributed by atoms with Crippen LogP contribution in [-0.4, -0.2) is 48.4 Å². The molecule has 0 unspecified atom stereocenters. The van der Waals surface area contributed by atoms with Crippen LogP contribution >= 0.6 is 11.3 Å². The van der Waals surface area contributed by atoms with Gasteiger partial charge in [0.25, 0.3) is 0 Å². The summed E-state index contributed by atoms with van der Waals surface area (Å²) in [5, 5.41) is 2.00. The first-order chi connectivity index (χ1) is 16.9. The van der Waals surface area contributed by atoms with Gasteiger partial charge in [-0.15, -0.1) is 11.3 Å². The van der Waals surface area contributed by atoms with Gasteiger partial charge in [0.15, 0.2) is 0 Å². The van der Waals surface area contributed by atoms with Crippen LogP contribution in [0.1, 0.15) is 49.0 Å². The van der Waals surface area contributed by atoms with Crippen LogP contribution in [-0.2, 0) is 27.4 Å². The smallest absolute Gasteiger partial charge is 0.242 e. The molecular weight excluding hydrogens is 463 g/mol. The number of halogens is 1. The Balaban J connectivity index is 1.34. The molecule has 0 aliphatic heterocycles. The fraction of sp³-hybridized carbons (Fsp3) is 0.571. The zero-order chi connectivity index (χ0) is 24.4. The normalized spacial score (nSPS) is 26.6. The second kappa shape index (κ2) is 10.4. The lowest BCUT2D eigenvalue weighted by atomic mass is 9.49. The van der Waals surface area contributed by atoms with Gasteiger partial charge < -0.3 is 14.5 Å². The highest BCUT2D eigenvalue weighted by molar-refractivity contribution is 7.09. The Morgan fingerprint density at radius 1 is 1.00 bits per heavy atom. The van der Waals surface area contributed by atoms with Crippen molar-refractivity contribution in [3.63, 3.8) is 0 Å². The van der Waals surface area contributed by atoms with Gasteiger partial charge in [-0.1, -0.05) is 18.2 Å². The zero-order valence-electron chi connectivity index (χ0n) is 20.5. The summed E-state index contributed by atoms with van der Waals surface area (Å²) in [5.41, 5.74) is 0.574. The molecule has 0 radical (unpaired) electrons. The summed E-state index contributed by atoms with van der Waals surface area (Å²) in [4.78, 5) is 32.3. The van der Waals surface area contributed by atoms with Crippen molar-refractivity contribution in [2.45, 2.75) is 51.6 Å². The molecule has 6 rings (SSSR count). The maximum absolute atomic E-state index is 14.0. The number of carbonyl (C=O) groups excluding carboxylic acids is 2. The molecule has 4 saturated carbocycles. The molecule has 5 nitrogen and oxygen atoms in total. The Morgan fingerprint density at radius 2 is 1.66 bits per heavy atom. The van der Waals surface area contributed by atoms with E-state index in [2.05, 4.69) is 0 Å². The monoisotopic (exact) mass is 498 g/mol. The number of benzene rings is 1. The third-order valence-corrected chi connectivity index (χ3v) is 9.10. The highest BCUT2D eigenvalue weighted by Gasteiger charge is 2.55. The lowest BCUT2D eigenvalue weighted by Crippen LogP contribution is -2.56. The van der Waals surface area contributed by atoms with Crippen molar-refractivity contribution < 1.29 is 18.7 Å². The van der Waals surface area contributed by atoms with E-state index in [-0.39, 0.29) is 29.6 Å². The average Bonchev–Trinajstić information content (AvgIpc) is 3.34. The number of rotatable bonds is 10. The molecular formula is C28H35FN2O3S. The second-order valence-corrected chi connectivity index (χ2v) is 11.9. The maximum atomic E-state index is 14.0. The van der Waals surface area contributed by atoms with E-state index < -0.39 is 0 Å². The molecule has 4 fully saturated rings. The number of hydrogen-bond donors (Lipinski definition) is 0. The van der Waals surface area contributed by atoms with Crippen LogP contribution in [0.4, 0.5) is 4.39 Å². The van der Waals surface area contributed by atoms with Gasteiger partial charge in [-0.05, 0) is 85.4 Å². The van der Waals surface area contributed by atoms with Crippen molar-refractivity contribution in [2.75, 3.05) is 26.8 Å². The van der Waals surface area contributed by atoms with Gasteiger partial charge in [0.05, 0.1) is 25.1 Å². The second-order valence-electron chi connectivity index (χ2n) is 10.9. The first kappa shape index (κ1) is 24.4. The summed E-state index contributed by atoms with van der Waals surface area (Å²) in [5.74, 6) is 1.77. The molecule has 7 heteroatoms. The Hall–Kier alpha value is -2.25. The molecule has 4 aliphatic carbocycles. The summed E-state index contributed by atoms with van der Waals surface area (Å²) in [7, 11) is 1.63. The molecule has 0 atom stereocenters. The average molecular weight is 499 g/mol. The zero-order valence-corrected chi connectivity index (χ0v) is 21.3. The van der Waals surface area contributed by atoms with Crippen LogP contribution in [0.25, 0.3) is 0 Å². The van der Waals surface area contributed by atoms with E-state index in [4.69, 9.17) is 4.74 Å². The van der Waals surface area contributed by atoms with Crippen LogP contribution in [0.2, 0.25) is 0 Å². The Kier molecular flexibility index (Phi) is 7.26. The van der Waals surface area contributed by atoms with Crippen LogP contribution in [0, 0.1) is 29.0 Å². The predicted octanol–water partition coefficient (Wildman–Crippen LogP) is 5.11. The standard InChI is InChI=1S/C28H35FN2O3S/c1-34-9-8-30(27(33)28-14-21-11-22(15-28)13-23(12-21)16-28)19-26(32)31(18-25-3-2-10-35-25)17-20-4-6-24(29)7-5-20/h2-7,10,21-23H,8-9,11-19H2,1H3. The van der Waals surface area contributed by atoms with Crippen molar-refractivity contribution in [3.05, 3.63) is 58.0 Å². The van der Waals surface area contributed by atoms with Gasteiger partial charge in [0.2, 0.25) is 11.8 Å². The molecule has 188 valence electrons. The highest BCUT2D eigenvalue weighted by Crippen LogP contribution is 2.60. The van der Waals surface area contributed by atoms with Gasteiger partial charge in [0.1, 0.15) is 5.82 Å². The van der Waals surface area contributed by atoms with Crippen molar-refractivity contribution in [1.82, 2.24) is 9.80 Å². The van der Waals surface area contributed by atoms with E-state index in [0.717, 1.165) is 29.7 Å². The van der Waals surface area contributed by atoms with Gasteiger partial charge in [-0.2, -0.15) is 0 Å². The summed E-state index contributed by atoms with van der Waals surface area (Å²) in [6.07, 6.45) is 6.75. The van der Waals surface area contributed by atoms with Crippen LogP contribution < -0.4 is 0 Å². The van der Waals surface area contributed by atoms with Crippen molar-refractivity contribution in [2.24, 2.45) is 23.2 Å². The topological polar surface area (TPSA) is 49.9 Å². The van der Waals surface area contributed by atoms with Gasteiger partial charge in [-0.3, -0.25) is 9.59 Å². The molecule has 1 aromatic heterocycles. The van der Waals surface area contributed by atoms with Crippen molar-refractivity contribution in [1.29, 1.82) is 0 Å². The largest absolute Gasteiger partial charge is 0.383 e. The number of thiophene rings is 1. The summed E-state index contributed by atoms with van der Waals surface area (Å²) in [6.45, 7) is 1.73. The Bertz CT molecular complexity index is 988. The van der Waals surface area contributed by atoms with E-state index in [1.54, 1.807) is 40.4 Å². The number of carbonyl (C=O) groups is 2. The molecule has 2 aromatic rings. The molecule has 0 saturated heterocycles. The molecule has 2 amide bonds. The van der Waals surface area contributed by atoms with E-state index >= 15 is 0 Å². The molecule has 1 aromatic carbocycles. The van der Waals surface area contributed by atoms with E-state index in [0.29, 0.717) is 44.0 Å². The molecule has 4 aliphatic rings. The lowest BCUT2D eigenvalue weighted by molar-refractivity contribution is -0.161. The summed E-state index contributed by atoms with van der Waals surface area (Å²) < 4.78 is 18.8. The van der Waals surface area contributed by atoms with Gasteiger partial charge in [-0.25, -0.2) is 4.39 Å². The summed E-state index contributed by atoms with van der Waals surface area (Å²) >= 11 is 1.60. The number of hydrogen-bond acceptors (Lipinski definition) is 4. The molecule has 4 bridgehead atoms. The quantitative estimate of drug-likeness (QED) is 0.458. The van der Waals surface area contributed by atoms with Crippen molar-refractivity contribution >= 4 is 23.2 Å². The fourth-order valence-corrected chi connectivity index (χ4v) is 7.78. The Morgan fingerprint density at radius 3 is 2.23 bits per heavy atom. The van der Waals surface area contributed by atoms with E-state index in [1.165, 1.54) is 31.4 Å². The third-order valence-electron chi connectivity index (χ3n) is 8.24. The number of amides is 2. The van der Waals surface area contributed by atoms with Gasteiger partial charge in [0, 0.05) is 25.1 Å². The minimum absolute atomic E-state index is 0.0521. The minimum atomic E-state index is -0.295. The van der Waals surface area contributed by atoms with Crippen molar-refractivity contribution in [3.8, 4) is 0 Å². The first-order valence-corrected chi connectivity index (χ1v) is 13.6. The van der Waals surface area contributed by atoms with Crippen LogP contribution in [0.15, 0.2) is 41.8 Å². The molecule has 0 spiro atoms. The number of ether oxygens (including phenoxy) is 1. The highest BCUT2D eigenvalue weighted by atomic mass is 32.1. The third kappa shape index (κ3) is 5.46. The molecule has 0 N–H and O–H groups in total. The SMILES string of the molecule is COCCN(CC(=O)N(Cc1ccc(F)cc1)Cc1cccs1)C(=O)C12CC3CC(CC(C3)C1)C2. The fourth-order valence-electron chi connectivity index (χ4n) is 7.06. The molecule has 35 heavy (non-hydrogen) atoms. The first-order valence-electron chi connectivity index (χ1n) is 12.8.